The number of hydrogen-bond donors (Lipinski definition) is 1. The number of anilines is 1. The number of carbonyl (C=O) groups excluding carboxylic acids is 1. The molecule has 0 saturated heterocycles. The highest BCUT2D eigenvalue weighted by molar-refractivity contribution is 6.32. The van der Waals surface area contributed by atoms with Crippen molar-refractivity contribution in [3.05, 3.63) is 65.6 Å². The van der Waals surface area contributed by atoms with E-state index in [0.717, 1.165) is 0 Å². The van der Waals surface area contributed by atoms with E-state index in [1.54, 1.807) is 49.6 Å². The molecular weight excluding hydrogens is 356 g/mol. The lowest BCUT2D eigenvalue weighted by Crippen LogP contribution is -2.10. The Morgan fingerprint density at radius 2 is 2.00 bits per heavy atom. The van der Waals surface area contributed by atoms with Crippen molar-refractivity contribution in [3.63, 3.8) is 0 Å². The van der Waals surface area contributed by atoms with E-state index in [4.69, 9.17) is 20.8 Å². The van der Waals surface area contributed by atoms with E-state index in [-0.39, 0.29) is 11.7 Å². The first-order chi connectivity index (χ1) is 12.6. The van der Waals surface area contributed by atoms with Gasteiger partial charge < -0.3 is 14.5 Å². The summed E-state index contributed by atoms with van der Waals surface area (Å²) in [6.07, 6.45) is 1.45. The second-order valence-electron chi connectivity index (χ2n) is 5.44. The standard InChI is InChI=1S/C18H13ClN4O3/c1-25-16-7-5-12(10-13(16)19)23-21-14-6-4-11(9-15(14)22-23)20-18(24)17-3-2-8-26-17/h2-10H,1H3,(H,20,24). The molecule has 2 aromatic heterocycles. The Labute approximate surface area is 153 Å². The van der Waals surface area contributed by atoms with Gasteiger partial charge in [-0.25, -0.2) is 0 Å². The van der Waals surface area contributed by atoms with Gasteiger partial charge in [-0.3, -0.25) is 4.79 Å². The Morgan fingerprint density at radius 1 is 1.15 bits per heavy atom. The molecule has 0 fully saturated rings. The number of aromatic nitrogens is 3. The summed E-state index contributed by atoms with van der Waals surface area (Å²) in [5, 5.41) is 12.1. The lowest BCUT2D eigenvalue weighted by Gasteiger charge is -2.04. The zero-order valence-corrected chi connectivity index (χ0v) is 14.4. The van der Waals surface area contributed by atoms with E-state index >= 15 is 0 Å². The van der Waals surface area contributed by atoms with Crippen LogP contribution in [0, 0.1) is 0 Å². The number of amides is 1. The van der Waals surface area contributed by atoms with Gasteiger partial charge in [0.2, 0.25) is 0 Å². The first-order valence-corrected chi connectivity index (χ1v) is 8.08. The predicted octanol–water partition coefficient (Wildman–Crippen LogP) is 3.93. The van der Waals surface area contributed by atoms with Crippen molar-refractivity contribution in [2.24, 2.45) is 0 Å². The molecule has 2 heterocycles. The molecule has 1 N–H and O–H groups in total. The molecule has 0 bridgehead atoms. The highest BCUT2D eigenvalue weighted by Gasteiger charge is 2.11. The molecule has 0 aliphatic carbocycles. The summed E-state index contributed by atoms with van der Waals surface area (Å²) in [6, 6.07) is 13.8. The van der Waals surface area contributed by atoms with Crippen LogP contribution in [0.3, 0.4) is 0 Å². The molecule has 4 aromatic rings. The lowest BCUT2D eigenvalue weighted by atomic mass is 10.2. The molecular formula is C18H13ClN4O3. The first kappa shape index (κ1) is 16.2. The van der Waals surface area contributed by atoms with Gasteiger partial charge >= 0.3 is 0 Å². The third-order valence-corrected chi connectivity index (χ3v) is 4.04. The number of nitrogens with zero attached hydrogens (tertiary/aromatic N) is 3. The van der Waals surface area contributed by atoms with Gasteiger partial charge in [-0.1, -0.05) is 11.6 Å². The minimum Gasteiger partial charge on any atom is -0.495 e. The summed E-state index contributed by atoms with van der Waals surface area (Å²) in [7, 11) is 1.56. The van der Waals surface area contributed by atoms with Crippen molar-refractivity contribution in [2.75, 3.05) is 12.4 Å². The average Bonchev–Trinajstić information content (AvgIpc) is 3.31. The Balaban J connectivity index is 1.63. The van der Waals surface area contributed by atoms with Gasteiger partial charge in [-0.2, -0.15) is 4.80 Å². The topological polar surface area (TPSA) is 82.2 Å². The van der Waals surface area contributed by atoms with Gasteiger partial charge in [-0.15, -0.1) is 10.2 Å². The predicted molar refractivity (Wildman–Crippen MR) is 97.1 cm³/mol. The van der Waals surface area contributed by atoms with E-state index in [0.29, 0.717) is 33.2 Å². The molecule has 0 unspecified atom stereocenters. The summed E-state index contributed by atoms with van der Waals surface area (Å²) in [5.41, 5.74) is 2.62. The van der Waals surface area contributed by atoms with Crippen LogP contribution in [0.2, 0.25) is 5.02 Å². The number of benzene rings is 2. The number of rotatable bonds is 4. The highest BCUT2D eigenvalue weighted by Crippen LogP contribution is 2.26. The van der Waals surface area contributed by atoms with Crippen LogP contribution in [0.5, 0.6) is 5.75 Å². The maximum atomic E-state index is 12.1. The quantitative estimate of drug-likeness (QED) is 0.590. The fourth-order valence-corrected chi connectivity index (χ4v) is 2.74. The SMILES string of the molecule is COc1ccc(-n2nc3ccc(NC(=O)c4ccco4)cc3n2)cc1Cl. The molecule has 130 valence electrons. The van der Waals surface area contributed by atoms with E-state index in [9.17, 15) is 4.79 Å². The molecule has 2 aromatic carbocycles. The van der Waals surface area contributed by atoms with Crippen LogP contribution in [0.15, 0.2) is 59.2 Å². The monoisotopic (exact) mass is 368 g/mol. The van der Waals surface area contributed by atoms with Gasteiger partial charge in [0.25, 0.3) is 5.91 Å². The summed E-state index contributed by atoms with van der Waals surface area (Å²) in [4.78, 5) is 13.5. The van der Waals surface area contributed by atoms with Crippen LogP contribution in [0.4, 0.5) is 5.69 Å². The van der Waals surface area contributed by atoms with Crippen LogP contribution in [0.25, 0.3) is 16.7 Å². The Morgan fingerprint density at radius 3 is 2.73 bits per heavy atom. The van der Waals surface area contributed by atoms with Gasteiger partial charge in [0.15, 0.2) is 5.76 Å². The molecule has 26 heavy (non-hydrogen) atoms. The van der Waals surface area contributed by atoms with Gasteiger partial charge in [0, 0.05) is 5.69 Å². The van der Waals surface area contributed by atoms with E-state index in [2.05, 4.69) is 15.5 Å². The molecule has 0 aliphatic rings. The van der Waals surface area contributed by atoms with Crippen LogP contribution in [-0.2, 0) is 0 Å². The normalized spacial score (nSPS) is 10.8. The van der Waals surface area contributed by atoms with Crippen LogP contribution < -0.4 is 10.1 Å². The Hall–Kier alpha value is -3.32. The Bertz CT molecular complexity index is 1090. The van der Waals surface area contributed by atoms with Crippen molar-refractivity contribution >= 4 is 34.2 Å². The number of nitrogens with one attached hydrogen (secondary N) is 1. The summed E-state index contributed by atoms with van der Waals surface area (Å²) in [6.45, 7) is 0. The molecule has 1 amide bonds. The summed E-state index contributed by atoms with van der Waals surface area (Å²) >= 11 is 6.16. The molecule has 4 rings (SSSR count). The number of ether oxygens (including phenoxy) is 1. The summed E-state index contributed by atoms with van der Waals surface area (Å²) < 4.78 is 10.2. The number of methoxy groups -OCH3 is 1. The largest absolute Gasteiger partial charge is 0.495 e. The van der Waals surface area contributed by atoms with E-state index in [1.807, 2.05) is 6.07 Å². The zero-order valence-electron chi connectivity index (χ0n) is 13.6. The summed E-state index contributed by atoms with van der Waals surface area (Å²) in [5.74, 6) is 0.486. The number of carbonyl (C=O) groups is 1. The van der Waals surface area contributed by atoms with Gasteiger partial charge in [-0.05, 0) is 48.5 Å². The van der Waals surface area contributed by atoms with Crippen molar-refractivity contribution in [1.29, 1.82) is 0 Å². The zero-order chi connectivity index (χ0) is 18.1. The second kappa shape index (κ2) is 6.53. The minimum atomic E-state index is -0.330. The van der Waals surface area contributed by atoms with Crippen molar-refractivity contribution in [3.8, 4) is 11.4 Å². The second-order valence-corrected chi connectivity index (χ2v) is 5.85. The lowest BCUT2D eigenvalue weighted by molar-refractivity contribution is 0.0996. The van der Waals surface area contributed by atoms with E-state index in [1.165, 1.54) is 11.1 Å². The fourth-order valence-electron chi connectivity index (χ4n) is 2.49. The Kier molecular flexibility index (Phi) is 4.06. The van der Waals surface area contributed by atoms with Gasteiger partial charge in [0.05, 0.1) is 24.1 Å². The maximum absolute atomic E-state index is 12.1. The van der Waals surface area contributed by atoms with Gasteiger partial charge in [0.1, 0.15) is 16.8 Å². The number of halogens is 1. The smallest absolute Gasteiger partial charge is 0.291 e. The van der Waals surface area contributed by atoms with Crippen molar-refractivity contribution in [1.82, 2.24) is 15.0 Å². The first-order valence-electron chi connectivity index (χ1n) is 7.70. The van der Waals surface area contributed by atoms with Crippen molar-refractivity contribution < 1.29 is 13.9 Å². The highest BCUT2D eigenvalue weighted by atomic mass is 35.5. The van der Waals surface area contributed by atoms with Crippen LogP contribution in [-0.4, -0.2) is 28.0 Å². The van der Waals surface area contributed by atoms with Crippen molar-refractivity contribution in [2.45, 2.75) is 0 Å². The molecule has 8 heteroatoms. The molecule has 0 spiro atoms. The number of furan rings is 1. The molecule has 0 radical (unpaired) electrons. The molecule has 0 atom stereocenters. The van der Waals surface area contributed by atoms with Crippen LogP contribution >= 0.6 is 11.6 Å². The third-order valence-electron chi connectivity index (χ3n) is 3.75. The molecule has 0 saturated carbocycles. The number of fused-ring (bicyclic) bond motifs is 1. The van der Waals surface area contributed by atoms with E-state index < -0.39 is 0 Å². The molecule has 0 aliphatic heterocycles. The molecule has 7 nitrogen and oxygen atoms in total. The average molecular weight is 369 g/mol. The number of hydrogen-bond acceptors (Lipinski definition) is 5. The maximum Gasteiger partial charge on any atom is 0.291 e. The third kappa shape index (κ3) is 3.00. The fraction of sp³-hybridized carbons (Fsp3) is 0.0556. The minimum absolute atomic E-state index is 0.238. The van der Waals surface area contributed by atoms with Crippen LogP contribution in [0.1, 0.15) is 10.6 Å².